The quantitative estimate of drug-likeness (QED) is 0.598. The number of anilines is 2. The van der Waals surface area contributed by atoms with E-state index in [9.17, 15) is 32.3 Å². The van der Waals surface area contributed by atoms with Gasteiger partial charge >= 0.3 is 17.8 Å². The second-order valence-electron chi connectivity index (χ2n) is 7.35. The Morgan fingerprint density at radius 1 is 1.07 bits per heavy atom. The van der Waals surface area contributed by atoms with Crippen LogP contribution in [0.15, 0.2) is 9.59 Å². The van der Waals surface area contributed by atoms with Crippen LogP contribution in [0.1, 0.15) is 52.4 Å². The number of hydrogen-bond donors (Lipinski definition) is 3. The molecule has 0 radical (unpaired) electrons. The van der Waals surface area contributed by atoms with E-state index in [1.165, 1.54) is 0 Å². The van der Waals surface area contributed by atoms with E-state index in [2.05, 4.69) is 5.32 Å². The van der Waals surface area contributed by atoms with Crippen molar-refractivity contribution >= 4 is 23.3 Å². The van der Waals surface area contributed by atoms with Gasteiger partial charge in [0.05, 0.1) is 0 Å². The first kappa shape index (κ1) is 23.5. The van der Waals surface area contributed by atoms with E-state index >= 15 is 0 Å². The van der Waals surface area contributed by atoms with Crippen LogP contribution in [0.3, 0.4) is 0 Å². The van der Waals surface area contributed by atoms with Gasteiger partial charge in [0.15, 0.2) is 0 Å². The number of aromatic nitrogens is 2. The molecule has 0 aliphatic heterocycles. The second-order valence-corrected chi connectivity index (χ2v) is 7.35. The highest BCUT2D eigenvalue weighted by Gasteiger charge is 2.49. The van der Waals surface area contributed by atoms with Crippen molar-refractivity contribution in [3.8, 4) is 0 Å². The Kier molecular flexibility index (Phi) is 6.99. The fourth-order valence-corrected chi connectivity index (χ4v) is 3.60. The van der Waals surface area contributed by atoms with Gasteiger partial charge < -0.3 is 16.4 Å². The maximum absolute atomic E-state index is 12.9. The van der Waals surface area contributed by atoms with Gasteiger partial charge in [0.2, 0.25) is 5.91 Å². The van der Waals surface area contributed by atoms with Crippen LogP contribution in [0.4, 0.5) is 24.7 Å². The molecule has 1 fully saturated rings. The molecular formula is C18H26F3N5O4. The van der Waals surface area contributed by atoms with Crippen LogP contribution in [-0.2, 0) is 22.7 Å². The summed E-state index contributed by atoms with van der Waals surface area (Å²) < 4.78 is 40.3. The Bertz CT molecular complexity index is 929. The molecule has 0 aromatic carbocycles. The van der Waals surface area contributed by atoms with Crippen molar-refractivity contribution in [1.29, 1.82) is 0 Å². The third-order valence-corrected chi connectivity index (χ3v) is 5.10. The summed E-state index contributed by atoms with van der Waals surface area (Å²) in [6.07, 6.45) is -3.35. The van der Waals surface area contributed by atoms with Gasteiger partial charge in [-0.15, -0.1) is 0 Å². The average molecular weight is 433 g/mol. The SMILES string of the molecule is CCCn1c(N)c(NC(=O)C2(NC(=O)C(F)(F)F)CCCC2)c(=O)n(CCC)c1=O. The number of nitrogens with one attached hydrogen (secondary N) is 2. The third kappa shape index (κ3) is 4.51. The first-order valence-electron chi connectivity index (χ1n) is 9.82. The van der Waals surface area contributed by atoms with Gasteiger partial charge in [-0.25, -0.2) is 4.79 Å². The maximum Gasteiger partial charge on any atom is 0.471 e. The van der Waals surface area contributed by atoms with Gasteiger partial charge in [0.25, 0.3) is 5.56 Å². The first-order chi connectivity index (χ1) is 14.0. The minimum Gasteiger partial charge on any atom is -0.383 e. The lowest BCUT2D eigenvalue weighted by Crippen LogP contribution is -2.58. The smallest absolute Gasteiger partial charge is 0.383 e. The zero-order valence-electron chi connectivity index (χ0n) is 16.9. The van der Waals surface area contributed by atoms with E-state index in [-0.39, 0.29) is 37.4 Å². The standard InChI is InChI=1S/C18H26F3N5O4/c1-3-9-25-12(22)11(13(27)26(10-4-2)16(25)30)23-14(28)17(7-5-6-8-17)24-15(29)18(19,20)21/h3-10,22H2,1-2H3,(H,23,28)(H,24,29). The largest absolute Gasteiger partial charge is 0.471 e. The van der Waals surface area contributed by atoms with Crippen LogP contribution >= 0.6 is 0 Å². The number of alkyl halides is 3. The normalized spacial score (nSPS) is 15.8. The number of nitrogens with zero attached hydrogens (tertiary/aromatic N) is 2. The van der Waals surface area contributed by atoms with E-state index in [1.54, 1.807) is 19.2 Å². The first-order valence-corrected chi connectivity index (χ1v) is 9.82. The summed E-state index contributed by atoms with van der Waals surface area (Å²) in [5.74, 6) is -3.47. The predicted molar refractivity (Wildman–Crippen MR) is 104 cm³/mol. The molecule has 1 aliphatic rings. The Hall–Kier alpha value is -2.79. The molecule has 4 N–H and O–H groups in total. The van der Waals surface area contributed by atoms with Gasteiger partial charge in [-0.2, -0.15) is 13.2 Å². The summed E-state index contributed by atoms with van der Waals surface area (Å²) >= 11 is 0. The molecule has 1 aliphatic carbocycles. The molecule has 2 amide bonds. The van der Waals surface area contributed by atoms with Crippen molar-refractivity contribution in [1.82, 2.24) is 14.5 Å². The highest BCUT2D eigenvalue weighted by atomic mass is 19.4. The molecule has 168 valence electrons. The molecule has 0 saturated heterocycles. The van der Waals surface area contributed by atoms with Crippen LogP contribution in [0.25, 0.3) is 0 Å². The summed E-state index contributed by atoms with van der Waals surface area (Å²) in [5.41, 5.74) is 2.31. The van der Waals surface area contributed by atoms with Crippen molar-refractivity contribution < 1.29 is 22.8 Å². The van der Waals surface area contributed by atoms with Crippen LogP contribution in [0.2, 0.25) is 0 Å². The molecule has 0 bridgehead atoms. The fraction of sp³-hybridized carbons (Fsp3) is 0.667. The Labute approximate surface area is 170 Å². The molecule has 0 atom stereocenters. The lowest BCUT2D eigenvalue weighted by Gasteiger charge is -2.29. The molecule has 1 saturated carbocycles. The summed E-state index contributed by atoms with van der Waals surface area (Å²) in [7, 11) is 0. The lowest BCUT2D eigenvalue weighted by atomic mass is 9.96. The number of nitrogen functional groups attached to an aromatic ring is 1. The monoisotopic (exact) mass is 433 g/mol. The number of carbonyl (C=O) groups is 2. The van der Waals surface area contributed by atoms with Crippen molar-refractivity contribution in [2.45, 2.75) is 77.2 Å². The van der Waals surface area contributed by atoms with Gasteiger partial charge in [0.1, 0.15) is 17.0 Å². The fourth-order valence-electron chi connectivity index (χ4n) is 3.60. The van der Waals surface area contributed by atoms with Crippen LogP contribution < -0.4 is 27.6 Å². The molecule has 30 heavy (non-hydrogen) atoms. The van der Waals surface area contributed by atoms with E-state index in [4.69, 9.17) is 5.73 Å². The number of halogens is 3. The zero-order chi connectivity index (χ0) is 22.7. The number of amides is 2. The Balaban J connectivity index is 2.49. The molecule has 1 heterocycles. The van der Waals surface area contributed by atoms with Crippen molar-refractivity contribution in [2.75, 3.05) is 11.1 Å². The third-order valence-electron chi connectivity index (χ3n) is 5.10. The van der Waals surface area contributed by atoms with Crippen LogP contribution in [0.5, 0.6) is 0 Å². The molecular weight excluding hydrogens is 407 g/mol. The number of carbonyl (C=O) groups excluding carboxylic acids is 2. The van der Waals surface area contributed by atoms with Crippen molar-refractivity contribution in [3.63, 3.8) is 0 Å². The predicted octanol–water partition coefficient (Wildman–Crippen LogP) is 1.34. The molecule has 9 nitrogen and oxygen atoms in total. The van der Waals surface area contributed by atoms with E-state index < -0.39 is 34.8 Å². The average Bonchev–Trinajstić information content (AvgIpc) is 3.14. The number of nitrogens with two attached hydrogens (primary N) is 1. The van der Waals surface area contributed by atoms with Crippen LogP contribution in [-0.4, -0.2) is 32.7 Å². The number of rotatable bonds is 7. The summed E-state index contributed by atoms with van der Waals surface area (Å²) in [6, 6.07) is 0. The molecule has 12 heteroatoms. The van der Waals surface area contributed by atoms with Crippen LogP contribution in [0, 0.1) is 0 Å². The minimum absolute atomic E-state index is 0.0156. The van der Waals surface area contributed by atoms with Gasteiger partial charge in [-0.1, -0.05) is 26.7 Å². The topological polar surface area (TPSA) is 128 Å². The van der Waals surface area contributed by atoms with E-state index in [1.807, 2.05) is 0 Å². The zero-order valence-corrected chi connectivity index (χ0v) is 16.9. The Morgan fingerprint density at radius 2 is 1.60 bits per heavy atom. The lowest BCUT2D eigenvalue weighted by molar-refractivity contribution is -0.176. The molecule has 1 aromatic heterocycles. The van der Waals surface area contributed by atoms with Crippen molar-refractivity contribution in [3.05, 3.63) is 20.8 Å². The Morgan fingerprint density at radius 3 is 2.10 bits per heavy atom. The molecule has 1 aromatic rings. The number of hydrogen-bond acceptors (Lipinski definition) is 5. The van der Waals surface area contributed by atoms with E-state index in [0.717, 1.165) is 9.13 Å². The summed E-state index contributed by atoms with van der Waals surface area (Å²) in [4.78, 5) is 49.8. The molecule has 0 spiro atoms. The second kappa shape index (κ2) is 8.92. The van der Waals surface area contributed by atoms with Crippen molar-refractivity contribution in [2.24, 2.45) is 0 Å². The molecule has 0 unspecified atom stereocenters. The summed E-state index contributed by atoms with van der Waals surface area (Å²) in [5, 5.41) is 4.09. The van der Waals surface area contributed by atoms with Gasteiger partial charge in [0, 0.05) is 13.1 Å². The van der Waals surface area contributed by atoms with Gasteiger partial charge in [-0.05, 0) is 25.7 Å². The molecule has 2 rings (SSSR count). The van der Waals surface area contributed by atoms with E-state index in [0.29, 0.717) is 25.7 Å². The van der Waals surface area contributed by atoms with Gasteiger partial charge in [-0.3, -0.25) is 23.5 Å². The highest BCUT2D eigenvalue weighted by Crippen LogP contribution is 2.32. The summed E-state index contributed by atoms with van der Waals surface area (Å²) in [6.45, 7) is 3.82. The highest BCUT2D eigenvalue weighted by molar-refractivity contribution is 6.02. The maximum atomic E-state index is 12.9. The minimum atomic E-state index is -5.16.